The summed E-state index contributed by atoms with van der Waals surface area (Å²) in [6, 6.07) is 0. The predicted octanol–water partition coefficient (Wildman–Crippen LogP) is -0.0409. The normalized spacial score (nSPS) is 15.4. The van der Waals surface area contributed by atoms with E-state index in [4.69, 9.17) is 10.3 Å². The minimum atomic E-state index is -3.99. The summed E-state index contributed by atoms with van der Waals surface area (Å²) in [5.41, 5.74) is 5.02. The second kappa shape index (κ2) is 3.14. The lowest BCUT2D eigenvalue weighted by Gasteiger charge is -2.03. The van der Waals surface area contributed by atoms with Crippen molar-refractivity contribution < 1.29 is 13.0 Å². The van der Waals surface area contributed by atoms with Crippen molar-refractivity contribution in [2.75, 3.05) is 0 Å². The fraction of sp³-hybridized carbons (Fsp3) is 1.00. The highest BCUT2D eigenvalue weighted by Gasteiger charge is 2.15. The Morgan fingerprint density at radius 3 is 2.22 bits per heavy atom. The van der Waals surface area contributed by atoms with Gasteiger partial charge in [-0.25, -0.2) is 0 Å². The number of hydrogen-bond donors (Lipinski definition) is 2. The summed E-state index contributed by atoms with van der Waals surface area (Å²) in [6.45, 7) is 1.80. The maximum Gasteiger partial charge on any atom is 0.280 e. The molecule has 0 rings (SSSR count). The van der Waals surface area contributed by atoms with E-state index in [1.165, 1.54) is 0 Å². The average molecular weight is 153 g/mol. The smallest absolute Gasteiger partial charge is 0.280 e. The van der Waals surface area contributed by atoms with Crippen molar-refractivity contribution in [1.29, 1.82) is 0 Å². The third-order valence-corrected chi connectivity index (χ3v) is 1.96. The number of nitrogens with two attached hydrogens (primary N) is 1. The minimum Gasteiger partial charge on any atom is -0.313 e. The van der Waals surface area contributed by atoms with E-state index in [1.807, 2.05) is 0 Å². The van der Waals surface area contributed by atoms with E-state index in [9.17, 15) is 8.42 Å². The van der Waals surface area contributed by atoms with Crippen LogP contribution in [0.3, 0.4) is 0 Å². The van der Waals surface area contributed by atoms with E-state index in [-0.39, 0.29) is 0 Å². The molecule has 0 bridgehead atoms. The third-order valence-electron chi connectivity index (χ3n) is 0.956. The molecule has 0 aliphatic carbocycles. The quantitative estimate of drug-likeness (QED) is 0.557. The molecular weight excluding hydrogens is 142 g/mol. The van der Waals surface area contributed by atoms with Gasteiger partial charge in [-0.1, -0.05) is 13.3 Å². The SMILES string of the molecule is CCC[C@@H](N)S(=O)(=O)O. The van der Waals surface area contributed by atoms with E-state index < -0.39 is 15.5 Å². The Kier molecular flexibility index (Phi) is 3.10. The average Bonchev–Trinajstić information content (AvgIpc) is 1.64. The van der Waals surface area contributed by atoms with Crippen molar-refractivity contribution in [2.24, 2.45) is 5.73 Å². The van der Waals surface area contributed by atoms with Crippen molar-refractivity contribution in [2.45, 2.75) is 25.1 Å². The Hall–Kier alpha value is -0.130. The molecule has 0 fully saturated rings. The Labute approximate surface area is 54.8 Å². The highest BCUT2D eigenvalue weighted by Crippen LogP contribution is 1.98. The second-order valence-corrected chi connectivity index (χ2v) is 3.48. The van der Waals surface area contributed by atoms with Crippen molar-refractivity contribution in [3.05, 3.63) is 0 Å². The summed E-state index contributed by atoms with van der Waals surface area (Å²) >= 11 is 0. The molecule has 0 aromatic heterocycles. The largest absolute Gasteiger partial charge is 0.313 e. The second-order valence-electron chi connectivity index (χ2n) is 1.84. The van der Waals surface area contributed by atoms with Crippen LogP contribution in [0.5, 0.6) is 0 Å². The minimum absolute atomic E-state index is 0.304. The topological polar surface area (TPSA) is 80.4 Å². The highest BCUT2D eigenvalue weighted by atomic mass is 32.2. The predicted molar refractivity (Wildman–Crippen MR) is 34.4 cm³/mol. The molecule has 0 aliphatic rings. The van der Waals surface area contributed by atoms with E-state index in [0.717, 1.165) is 0 Å². The Bertz CT molecular complexity index is 163. The molecule has 0 radical (unpaired) electrons. The molecule has 5 heteroatoms. The van der Waals surface area contributed by atoms with E-state index >= 15 is 0 Å². The highest BCUT2D eigenvalue weighted by molar-refractivity contribution is 7.86. The molecule has 1 atom stereocenters. The monoisotopic (exact) mass is 153 g/mol. The molecular formula is C4H11NO3S. The molecule has 0 amide bonds. The van der Waals surface area contributed by atoms with Gasteiger partial charge in [-0.05, 0) is 6.42 Å². The number of hydrogen-bond acceptors (Lipinski definition) is 3. The molecule has 0 aliphatic heterocycles. The van der Waals surface area contributed by atoms with E-state index in [1.54, 1.807) is 6.92 Å². The lowest BCUT2D eigenvalue weighted by Crippen LogP contribution is -2.29. The summed E-state index contributed by atoms with van der Waals surface area (Å²) in [6.07, 6.45) is 0.958. The van der Waals surface area contributed by atoms with Gasteiger partial charge < -0.3 is 5.73 Å². The van der Waals surface area contributed by atoms with Gasteiger partial charge in [0.05, 0.1) is 0 Å². The number of rotatable bonds is 3. The van der Waals surface area contributed by atoms with Crippen LogP contribution in [0, 0.1) is 0 Å². The zero-order chi connectivity index (χ0) is 7.49. The van der Waals surface area contributed by atoms with Gasteiger partial charge >= 0.3 is 0 Å². The zero-order valence-electron chi connectivity index (χ0n) is 5.24. The molecule has 0 saturated carbocycles. The Morgan fingerprint density at radius 2 is 2.11 bits per heavy atom. The molecule has 0 spiro atoms. The van der Waals surface area contributed by atoms with Crippen molar-refractivity contribution in [3.8, 4) is 0 Å². The van der Waals surface area contributed by atoms with Crippen LogP contribution in [0.15, 0.2) is 0 Å². The van der Waals surface area contributed by atoms with Crippen LogP contribution in [0.1, 0.15) is 19.8 Å². The first kappa shape index (κ1) is 8.87. The lowest BCUT2D eigenvalue weighted by atomic mass is 10.3. The molecule has 0 aromatic carbocycles. The molecule has 4 nitrogen and oxygen atoms in total. The molecule has 0 unspecified atom stereocenters. The Balaban J connectivity index is 3.90. The van der Waals surface area contributed by atoms with Crippen LogP contribution in [0.2, 0.25) is 0 Å². The van der Waals surface area contributed by atoms with Gasteiger partial charge in [0.25, 0.3) is 10.1 Å². The summed E-state index contributed by atoms with van der Waals surface area (Å²) in [5.74, 6) is 0. The van der Waals surface area contributed by atoms with Crippen LogP contribution in [0.25, 0.3) is 0 Å². The van der Waals surface area contributed by atoms with Gasteiger partial charge in [-0.2, -0.15) is 8.42 Å². The zero-order valence-corrected chi connectivity index (χ0v) is 6.06. The maximum atomic E-state index is 10.2. The third kappa shape index (κ3) is 3.45. The van der Waals surface area contributed by atoms with Gasteiger partial charge in [0.1, 0.15) is 5.37 Å². The fourth-order valence-electron chi connectivity index (χ4n) is 0.433. The van der Waals surface area contributed by atoms with E-state index in [2.05, 4.69) is 0 Å². The first-order chi connectivity index (χ1) is 3.98. The van der Waals surface area contributed by atoms with Crippen molar-refractivity contribution >= 4 is 10.1 Å². The molecule has 0 aromatic rings. The van der Waals surface area contributed by atoms with Gasteiger partial charge in [0.15, 0.2) is 0 Å². The molecule has 0 saturated heterocycles. The Morgan fingerprint density at radius 1 is 1.67 bits per heavy atom. The van der Waals surface area contributed by atoms with Crippen LogP contribution >= 0.6 is 0 Å². The molecule has 3 N–H and O–H groups in total. The molecule has 9 heavy (non-hydrogen) atoms. The van der Waals surface area contributed by atoms with Gasteiger partial charge in [-0.3, -0.25) is 4.55 Å². The van der Waals surface area contributed by atoms with E-state index in [0.29, 0.717) is 12.8 Å². The molecule has 56 valence electrons. The summed E-state index contributed by atoms with van der Waals surface area (Å²) in [5, 5.41) is -1.11. The first-order valence-electron chi connectivity index (χ1n) is 2.70. The van der Waals surface area contributed by atoms with Crippen molar-refractivity contribution in [1.82, 2.24) is 0 Å². The summed E-state index contributed by atoms with van der Waals surface area (Å²) in [7, 11) is -3.99. The van der Waals surface area contributed by atoms with Crippen LogP contribution in [0.4, 0.5) is 0 Å². The van der Waals surface area contributed by atoms with Crippen LogP contribution in [-0.4, -0.2) is 18.3 Å². The standard InChI is InChI=1S/C4H11NO3S/c1-2-3-4(5)9(6,7)8/h4H,2-3,5H2,1H3,(H,6,7,8)/t4-/m0/s1. The fourth-order valence-corrected chi connectivity index (χ4v) is 0.967. The molecule has 0 heterocycles. The van der Waals surface area contributed by atoms with Crippen LogP contribution in [-0.2, 0) is 10.1 Å². The van der Waals surface area contributed by atoms with Gasteiger partial charge in [-0.15, -0.1) is 0 Å². The van der Waals surface area contributed by atoms with Crippen molar-refractivity contribution in [3.63, 3.8) is 0 Å². The maximum absolute atomic E-state index is 10.2. The van der Waals surface area contributed by atoms with Crippen LogP contribution < -0.4 is 5.73 Å². The summed E-state index contributed by atoms with van der Waals surface area (Å²) < 4.78 is 28.6. The summed E-state index contributed by atoms with van der Waals surface area (Å²) in [4.78, 5) is 0. The first-order valence-corrected chi connectivity index (χ1v) is 4.20. The van der Waals surface area contributed by atoms with Gasteiger partial charge in [0.2, 0.25) is 0 Å². The lowest BCUT2D eigenvalue weighted by molar-refractivity contribution is 0.462. The van der Waals surface area contributed by atoms with Gasteiger partial charge in [0, 0.05) is 0 Å².